The topological polar surface area (TPSA) is 32.3 Å². The van der Waals surface area contributed by atoms with E-state index >= 15 is 0 Å². The Bertz CT molecular complexity index is 361. The molecule has 2 fully saturated rings. The lowest BCUT2D eigenvalue weighted by atomic mass is 9.89. The second-order valence-corrected chi connectivity index (χ2v) is 5.18. The third kappa shape index (κ3) is 1.87. The molecule has 1 aliphatic heterocycles. The van der Waals surface area contributed by atoms with Crippen molar-refractivity contribution >= 4 is 0 Å². The molecular weight excluding hydrogens is 198 g/mol. The minimum absolute atomic E-state index is 0.480. The van der Waals surface area contributed by atoms with Crippen molar-refractivity contribution in [3.63, 3.8) is 0 Å². The summed E-state index contributed by atoms with van der Waals surface area (Å²) in [6, 6.07) is 8.65. The minimum Gasteiger partial charge on any atom is -0.385 e. The highest BCUT2D eigenvalue weighted by molar-refractivity contribution is 5.32. The molecule has 16 heavy (non-hydrogen) atoms. The largest absolute Gasteiger partial charge is 0.385 e. The van der Waals surface area contributed by atoms with Crippen LogP contribution < -0.4 is 5.32 Å². The number of aliphatic hydroxyl groups is 1. The van der Waals surface area contributed by atoms with Crippen LogP contribution in [-0.4, -0.2) is 18.2 Å². The Kier molecular flexibility index (Phi) is 2.49. The monoisotopic (exact) mass is 217 g/mol. The van der Waals surface area contributed by atoms with Crippen molar-refractivity contribution in [1.82, 2.24) is 5.32 Å². The molecule has 0 unspecified atom stereocenters. The van der Waals surface area contributed by atoms with E-state index in [1.54, 1.807) is 0 Å². The lowest BCUT2D eigenvalue weighted by molar-refractivity contribution is 0.151. The van der Waals surface area contributed by atoms with Gasteiger partial charge in [0.25, 0.3) is 0 Å². The van der Waals surface area contributed by atoms with Crippen molar-refractivity contribution < 1.29 is 5.11 Å². The van der Waals surface area contributed by atoms with Crippen LogP contribution in [0.15, 0.2) is 24.3 Å². The molecule has 1 saturated carbocycles. The molecule has 2 nitrogen and oxygen atoms in total. The normalized spacial score (nSPS) is 24.3. The fraction of sp³-hybridized carbons (Fsp3) is 0.571. The van der Waals surface area contributed by atoms with Crippen molar-refractivity contribution in [2.75, 3.05) is 13.1 Å². The fourth-order valence-corrected chi connectivity index (χ4v) is 2.63. The van der Waals surface area contributed by atoms with E-state index in [-0.39, 0.29) is 0 Å². The Morgan fingerprint density at radius 2 is 1.69 bits per heavy atom. The first-order valence-corrected chi connectivity index (χ1v) is 6.31. The third-order valence-corrected chi connectivity index (χ3v) is 3.98. The van der Waals surface area contributed by atoms with Gasteiger partial charge in [-0.2, -0.15) is 0 Å². The second kappa shape index (κ2) is 3.86. The summed E-state index contributed by atoms with van der Waals surface area (Å²) in [6.45, 7) is 2.27. The first-order chi connectivity index (χ1) is 7.78. The van der Waals surface area contributed by atoms with Gasteiger partial charge in [0, 0.05) is 0 Å². The van der Waals surface area contributed by atoms with Crippen molar-refractivity contribution in [1.29, 1.82) is 0 Å². The van der Waals surface area contributed by atoms with Crippen LogP contribution in [0, 0.1) is 0 Å². The SMILES string of the molecule is OC1(c2ccc(C3CCNCC3)cc2)CC1. The van der Waals surface area contributed by atoms with Crippen LogP contribution in [0.1, 0.15) is 42.7 Å². The zero-order chi connectivity index (χ0) is 11.0. The van der Waals surface area contributed by atoms with Gasteiger partial charge in [-0.25, -0.2) is 0 Å². The molecule has 0 radical (unpaired) electrons. The fourth-order valence-electron chi connectivity index (χ4n) is 2.63. The smallest absolute Gasteiger partial charge is 0.0899 e. The summed E-state index contributed by atoms with van der Waals surface area (Å²) in [7, 11) is 0. The van der Waals surface area contributed by atoms with Crippen molar-refractivity contribution in [2.24, 2.45) is 0 Å². The maximum atomic E-state index is 9.99. The van der Waals surface area contributed by atoms with Crippen LogP contribution in [0.3, 0.4) is 0 Å². The molecule has 1 aromatic rings. The molecule has 0 atom stereocenters. The van der Waals surface area contributed by atoms with E-state index in [4.69, 9.17) is 0 Å². The van der Waals surface area contributed by atoms with Crippen molar-refractivity contribution in [3.05, 3.63) is 35.4 Å². The van der Waals surface area contributed by atoms with E-state index in [0.717, 1.165) is 31.5 Å². The highest BCUT2D eigenvalue weighted by Crippen LogP contribution is 2.45. The van der Waals surface area contributed by atoms with Crippen LogP contribution in [0.5, 0.6) is 0 Å². The molecule has 1 heterocycles. The average molecular weight is 217 g/mol. The summed E-state index contributed by atoms with van der Waals surface area (Å²) in [5.41, 5.74) is 2.06. The second-order valence-electron chi connectivity index (χ2n) is 5.18. The molecule has 0 spiro atoms. The molecule has 3 rings (SSSR count). The Hall–Kier alpha value is -0.860. The summed E-state index contributed by atoms with van der Waals surface area (Å²) in [4.78, 5) is 0. The van der Waals surface area contributed by atoms with Crippen LogP contribution >= 0.6 is 0 Å². The molecule has 2 heteroatoms. The van der Waals surface area contributed by atoms with Crippen LogP contribution in [0.2, 0.25) is 0 Å². The van der Waals surface area contributed by atoms with Gasteiger partial charge in [-0.3, -0.25) is 0 Å². The molecule has 0 aromatic heterocycles. The van der Waals surface area contributed by atoms with Gasteiger partial charge in [-0.15, -0.1) is 0 Å². The zero-order valence-corrected chi connectivity index (χ0v) is 9.58. The van der Waals surface area contributed by atoms with Gasteiger partial charge in [0.1, 0.15) is 0 Å². The number of piperidine rings is 1. The molecular formula is C14H19NO. The lowest BCUT2D eigenvalue weighted by Gasteiger charge is -2.23. The Morgan fingerprint density at radius 1 is 1.06 bits per heavy atom. The molecule has 86 valence electrons. The molecule has 1 aromatic carbocycles. The van der Waals surface area contributed by atoms with E-state index in [0.29, 0.717) is 5.92 Å². The number of nitrogens with one attached hydrogen (secondary N) is 1. The van der Waals surface area contributed by atoms with Crippen molar-refractivity contribution in [3.8, 4) is 0 Å². The van der Waals surface area contributed by atoms with E-state index in [2.05, 4.69) is 29.6 Å². The summed E-state index contributed by atoms with van der Waals surface area (Å²) in [5, 5.41) is 13.4. The number of rotatable bonds is 2. The summed E-state index contributed by atoms with van der Waals surface area (Å²) >= 11 is 0. The highest BCUT2D eigenvalue weighted by atomic mass is 16.3. The predicted octanol–water partition coefficient (Wildman–Crippen LogP) is 2.13. The zero-order valence-electron chi connectivity index (χ0n) is 9.58. The Labute approximate surface area is 96.7 Å². The predicted molar refractivity (Wildman–Crippen MR) is 64.4 cm³/mol. The average Bonchev–Trinajstić information content (AvgIpc) is 3.10. The minimum atomic E-state index is -0.480. The Morgan fingerprint density at radius 3 is 2.25 bits per heavy atom. The maximum absolute atomic E-state index is 9.99. The standard InChI is InChI=1S/C14H19NO/c16-14(7-8-14)13-3-1-11(2-4-13)12-5-9-15-10-6-12/h1-4,12,15-16H,5-10H2. The van der Waals surface area contributed by atoms with Gasteiger partial charge < -0.3 is 10.4 Å². The number of hydrogen-bond acceptors (Lipinski definition) is 2. The quantitative estimate of drug-likeness (QED) is 0.795. The lowest BCUT2D eigenvalue weighted by Crippen LogP contribution is -2.26. The maximum Gasteiger partial charge on any atom is 0.0899 e. The summed E-state index contributed by atoms with van der Waals surface area (Å²) in [5.74, 6) is 0.712. The first-order valence-electron chi connectivity index (χ1n) is 6.31. The Balaban J connectivity index is 1.76. The van der Waals surface area contributed by atoms with Gasteiger partial charge in [0.2, 0.25) is 0 Å². The highest BCUT2D eigenvalue weighted by Gasteiger charge is 2.41. The number of hydrogen-bond donors (Lipinski definition) is 2. The molecule has 0 amide bonds. The van der Waals surface area contributed by atoms with Crippen molar-refractivity contribution in [2.45, 2.75) is 37.2 Å². The van der Waals surface area contributed by atoms with E-state index in [1.165, 1.54) is 18.4 Å². The molecule has 2 N–H and O–H groups in total. The summed E-state index contributed by atoms with van der Waals surface area (Å²) < 4.78 is 0. The van der Waals surface area contributed by atoms with Crippen LogP contribution in [0.25, 0.3) is 0 Å². The van der Waals surface area contributed by atoms with Gasteiger partial charge in [-0.05, 0) is 55.8 Å². The summed E-state index contributed by atoms with van der Waals surface area (Å²) in [6.07, 6.45) is 4.34. The molecule has 1 aliphatic carbocycles. The van der Waals surface area contributed by atoms with Crippen LogP contribution in [-0.2, 0) is 5.60 Å². The van der Waals surface area contributed by atoms with Gasteiger partial charge >= 0.3 is 0 Å². The van der Waals surface area contributed by atoms with E-state index < -0.39 is 5.60 Å². The first kappa shape index (κ1) is 10.3. The third-order valence-electron chi connectivity index (χ3n) is 3.98. The van der Waals surface area contributed by atoms with Gasteiger partial charge in [0.15, 0.2) is 0 Å². The molecule has 0 bridgehead atoms. The molecule has 1 saturated heterocycles. The van der Waals surface area contributed by atoms with E-state index in [9.17, 15) is 5.11 Å². The molecule has 2 aliphatic rings. The van der Waals surface area contributed by atoms with Gasteiger partial charge in [0.05, 0.1) is 5.60 Å². The van der Waals surface area contributed by atoms with Crippen LogP contribution in [0.4, 0.5) is 0 Å². The number of benzene rings is 1. The van der Waals surface area contributed by atoms with E-state index in [1.807, 2.05) is 0 Å². The van der Waals surface area contributed by atoms with Gasteiger partial charge in [-0.1, -0.05) is 24.3 Å².